The first-order chi connectivity index (χ1) is 32.4. The molecule has 3 aromatic rings. The third-order valence-corrected chi connectivity index (χ3v) is 14.6. The lowest BCUT2D eigenvalue weighted by atomic mass is 9.94. The summed E-state index contributed by atoms with van der Waals surface area (Å²) >= 11 is 7.55. The molecule has 366 valence electrons. The van der Waals surface area contributed by atoms with Crippen LogP contribution in [0, 0.1) is 35.5 Å². The van der Waals surface area contributed by atoms with Crippen LogP contribution >= 0.6 is 31.9 Å². The summed E-state index contributed by atoms with van der Waals surface area (Å²) in [6.45, 7) is 10.8. The molecule has 2 atom stereocenters. The Balaban J connectivity index is 1.50. The smallest absolute Gasteiger partial charge is 0.119 e. The van der Waals surface area contributed by atoms with Crippen LogP contribution in [0.15, 0.2) is 69.6 Å². The molecule has 2 nitrogen and oxygen atoms in total. The molecule has 0 heterocycles. The van der Waals surface area contributed by atoms with Crippen molar-refractivity contribution in [3.05, 3.63) is 91.9 Å². The molecule has 3 aromatic carbocycles. The van der Waals surface area contributed by atoms with E-state index >= 15 is 0 Å². The molecule has 66 heavy (non-hydrogen) atoms. The third kappa shape index (κ3) is 28.0. The maximum atomic E-state index is 6.40. The van der Waals surface area contributed by atoms with Crippen LogP contribution in [0.25, 0.3) is 0 Å². The minimum atomic E-state index is 0.635. The van der Waals surface area contributed by atoms with E-state index in [9.17, 15) is 0 Å². The molecule has 0 N–H and O–H groups in total. The molecule has 0 saturated carbocycles. The van der Waals surface area contributed by atoms with E-state index in [1.165, 1.54) is 205 Å². The molecule has 0 bridgehead atoms. The van der Waals surface area contributed by atoms with Gasteiger partial charge in [0.05, 0.1) is 13.2 Å². The fraction of sp³-hybridized carbons (Fsp3) is 0.645. The molecular weight excluding hydrogens is 936 g/mol. The van der Waals surface area contributed by atoms with E-state index in [4.69, 9.17) is 9.47 Å². The van der Waals surface area contributed by atoms with E-state index < -0.39 is 0 Å². The highest BCUT2D eigenvalue weighted by atomic mass is 79.9. The quantitative estimate of drug-likeness (QED) is 0.0421. The number of hydrogen-bond acceptors (Lipinski definition) is 2. The van der Waals surface area contributed by atoms with Gasteiger partial charge >= 0.3 is 0 Å². The zero-order valence-electron chi connectivity index (χ0n) is 42.5. The van der Waals surface area contributed by atoms with Crippen LogP contribution in [0.2, 0.25) is 0 Å². The Morgan fingerprint density at radius 1 is 0.348 bits per heavy atom. The van der Waals surface area contributed by atoms with Crippen molar-refractivity contribution in [2.45, 2.75) is 233 Å². The standard InChI is InChI=1S/C62H92Br2O2/c1-5-9-13-17-21-23-27-31-35-55(33-29-25-19-15-11-7-3)51-65-59-45-39-53(40-46-59)37-43-57-49-62(64)58(50-61(57)63)44-38-54-41-47-60(48-42-54)66-52-56(34-30-26-20-16-12-8-4)36-32-28-24-22-18-14-10-6-2/h39-42,45-50,55-56H,5-36,51-52H2,1-4H3. The minimum absolute atomic E-state index is 0.635. The molecule has 0 radical (unpaired) electrons. The Bertz CT molecular complexity index is 1630. The number of rotatable bonds is 38. The highest BCUT2D eigenvalue weighted by molar-refractivity contribution is 9.11. The number of benzene rings is 3. The molecule has 2 unspecified atom stereocenters. The largest absolute Gasteiger partial charge is 0.493 e. The van der Waals surface area contributed by atoms with E-state index in [-0.39, 0.29) is 0 Å². The molecule has 0 amide bonds. The van der Waals surface area contributed by atoms with Crippen LogP contribution < -0.4 is 9.47 Å². The van der Waals surface area contributed by atoms with Gasteiger partial charge in [-0.05, 0) is 130 Å². The van der Waals surface area contributed by atoms with E-state index in [1.54, 1.807) is 0 Å². The van der Waals surface area contributed by atoms with Crippen LogP contribution in [-0.2, 0) is 0 Å². The van der Waals surface area contributed by atoms with Crippen LogP contribution in [0.4, 0.5) is 0 Å². The summed E-state index contributed by atoms with van der Waals surface area (Å²) in [6.07, 6.45) is 43.3. The van der Waals surface area contributed by atoms with Crippen LogP contribution in [0.1, 0.15) is 255 Å². The van der Waals surface area contributed by atoms with Crippen molar-refractivity contribution >= 4 is 31.9 Å². The summed E-state index contributed by atoms with van der Waals surface area (Å²) in [5.74, 6) is 16.6. The number of ether oxygens (including phenoxy) is 2. The van der Waals surface area contributed by atoms with E-state index in [0.29, 0.717) is 11.8 Å². The van der Waals surface area contributed by atoms with Crippen LogP contribution in [0.3, 0.4) is 0 Å². The van der Waals surface area contributed by atoms with Gasteiger partial charge in [-0.2, -0.15) is 0 Å². The lowest BCUT2D eigenvalue weighted by Gasteiger charge is -2.18. The van der Waals surface area contributed by atoms with Gasteiger partial charge in [0, 0.05) is 31.2 Å². The Morgan fingerprint density at radius 3 is 0.879 bits per heavy atom. The SMILES string of the molecule is CCCCCCCCCCC(CCCCCCCC)COc1ccc(C#Cc2cc(Br)c(C#Cc3ccc(OCC(CCCCCCCC)CCCCCCCCCC)cc3)cc2Br)cc1. The lowest BCUT2D eigenvalue weighted by Crippen LogP contribution is -2.12. The molecule has 0 aromatic heterocycles. The van der Waals surface area contributed by atoms with Gasteiger partial charge in [-0.3, -0.25) is 0 Å². The number of halogens is 2. The van der Waals surface area contributed by atoms with Crippen molar-refractivity contribution in [2.24, 2.45) is 11.8 Å². The van der Waals surface area contributed by atoms with Gasteiger partial charge in [-0.1, -0.05) is 231 Å². The summed E-state index contributed by atoms with van der Waals surface area (Å²) in [7, 11) is 0. The first kappa shape index (κ1) is 57.7. The normalized spacial score (nSPS) is 12.0. The molecular formula is C62H92Br2O2. The fourth-order valence-corrected chi connectivity index (χ4v) is 9.78. The Kier molecular flexibility index (Phi) is 34.3. The zero-order chi connectivity index (χ0) is 47.1. The Labute approximate surface area is 424 Å². The van der Waals surface area contributed by atoms with Gasteiger partial charge in [0.1, 0.15) is 11.5 Å². The second kappa shape index (κ2) is 39.2. The second-order valence-corrected chi connectivity index (χ2v) is 21.1. The van der Waals surface area contributed by atoms with Crippen molar-refractivity contribution in [3.63, 3.8) is 0 Å². The van der Waals surface area contributed by atoms with E-state index in [2.05, 4.69) is 144 Å². The molecule has 0 spiro atoms. The average Bonchev–Trinajstić information content (AvgIpc) is 3.33. The van der Waals surface area contributed by atoms with Gasteiger partial charge in [0.25, 0.3) is 0 Å². The second-order valence-electron chi connectivity index (χ2n) is 19.4. The fourth-order valence-electron chi connectivity index (χ4n) is 8.90. The number of unbranched alkanes of at least 4 members (excludes halogenated alkanes) is 24. The van der Waals surface area contributed by atoms with Crippen molar-refractivity contribution in [3.8, 4) is 35.2 Å². The van der Waals surface area contributed by atoms with Crippen LogP contribution in [0.5, 0.6) is 11.5 Å². The molecule has 0 fully saturated rings. The number of hydrogen-bond donors (Lipinski definition) is 0. The van der Waals surface area contributed by atoms with Gasteiger partial charge < -0.3 is 9.47 Å². The van der Waals surface area contributed by atoms with Gasteiger partial charge in [-0.25, -0.2) is 0 Å². The first-order valence-electron chi connectivity index (χ1n) is 27.4. The van der Waals surface area contributed by atoms with Crippen molar-refractivity contribution in [1.29, 1.82) is 0 Å². The van der Waals surface area contributed by atoms with Crippen molar-refractivity contribution < 1.29 is 9.47 Å². The van der Waals surface area contributed by atoms with Crippen LogP contribution in [-0.4, -0.2) is 13.2 Å². The summed E-state index contributed by atoms with van der Waals surface area (Å²) in [4.78, 5) is 0. The van der Waals surface area contributed by atoms with Gasteiger partial charge in [0.15, 0.2) is 0 Å². The average molecular weight is 1030 g/mol. The predicted molar refractivity (Wildman–Crippen MR) is 295 cm³/mol. The molecule has 0 saturated heterocycles. The maximum Gasteiger partial charge on any atom is 0.119 e. The third-order valence-electron chi connectivity index (χ3n) is 13.3. The van der Waals surface area contributed by atoms with Crippen molar-refractivity contribution in [1.82, 2.24) is 0 Å². The zero-order valence-corrected chi connectivity index (χ0v) is 45.7. The summed E-state index contributed by atoms with van der Waals surface area (Å²) in [5, 5.41) is 0. The van der Waals surface area contributed by atoms with E-state index in [0.717, 1.165) is 55.9 Å². The minimum Gasteiger partial charge on any atom is -0.493 e. The van der Waals surface area contributed by atoms with Gasteiger partial charge in [-0.15, -0.1) is 0 Å². The summed E-state index contributed by atoms with van der Waals surface area (Å²) < 4.78 is 14.7. The molecule has 0 aliphatic carbocycles. The highest BCUT2D eigenvalue weighted by Gasteiger charge is 2.12. The molecule has 0 aliphatic heterocycles. The van der Waals surface area contributed by atoms with Gasteiger partial charge in [0.2, 0.25) is 0 Å². The Morgan fingerprint density at radius 2 is 0.606 bits per heavy atom. The lowest BCUT2D eigenvalue weighted by molar-refractivity contribution is 0.224. The Hall–Kier alpha value is -2.66. The predicted octanol–water partition coefficient (Wildman–Crippen LogP) is 20.6. The molecule has 0 aliphatic rings. The monoisotopic (exact) mass is 1030 g/mol. The van der Waals surface area contributed by atoms with E-state index in [1.807, 2.05) is 0 Å². The summed E-state index contributed by atoms with van der Waals surface area (Å²) in [5.41, 5.74) is 3.79. The summed E-state index contributed by atoms with van der Waals surface area (Å²) in [6, 6.07) is 20.8. The molecule has 4 heteroatoms. The first-order valence-corrected chi connectivity index (χ1v) is 29.0. The topological polar surface area (TPSA) is 18.5 Å². The maximum absolute atomic E-state index is 6.40. The molecule has 3 rings (SSSR count). The van der Waals surface area contributed by atoms with Crippen molar-refractivity contribution in [2.75, 3.05) is 13.2 Å². The highest BCUT2D eigenvalue weighted by Crippen LogP contribution is 2.27.